The molecule has 0 radical (unpaired) electrons. The highest BCUT2D eigenvalue weighted by Crippen LogP contribution is 2.66. The number of rotatable bonds is 9. The Morgan fingerprint density at radius 2 is 2.06 bits per heavy atom. The number of ether oxygens (including phenoxy) is 1. The van der Waals surface area contributed by atoms with E-state index in [4.69, 9.17) is 4.74 Å². The van der Waals surface area contributed by atoms with Crippen LogP contribution in [0.1, 0.15) is 12.8 Å². The Balaban J connectivity index is 1.59. The van der Waals surface area contributed by atoms with Gasteiger partial charge in [0.1, 0.15) is 6.04 Å². The predicted molar refractivity (Wildman–Crippen MR) is 115 cm³/mol. The maximum atomic E-state index is 13.8. The largest absolute Gasteiger partial charge is 0.481 e. The van der Waals surface area contributed by atoms with E-state index in [0.29, 0.717) is 45.7 Å². The van der Waals surface area contributed by atoms with Crippen molar-refractivity contribution in [3.05, 3.63) is 12.7 Å². The summed E-state index contributed by atoms with van der Waals surface area (Å²) in [4.78, 5) is 44.5. The third kappa shape index (κ3) is 3.77. The fraction of sp³-hybridized carbons (Fsp3) is 0.762. The van der Waals surface area contributed by atoms with Gasteiger partial charge in [-0.2, -0.15) is 0 Å². The highest BCUT2D eigenvalue weighted by molar-refractivity contribution is 8.02. The molecule has 2 N–H and O–H groups in total. The average Bonchev–Trinajstić information content (AvgIpc) is 3.39. The molecule has 10 heteroatoms. The van der Waals surface area contributed by atoms with Crippen LogP contribution in [0.25, 0.3) is 0 Å². The van der Waals surface area contributed by atoms with Gasteiger partial charge in [0.2, 0.25) is 11.8 Å². The number of nitrogens with zero attached hydrogens (tertiary/aromatic N) is 3. The summed E-state index contributed by atoms with van der Waals surface area (Å²) in [7, 11) is 0. The molecule has 0 saturated carbocycles. The lowest BCUT2D eigenvalue weighted by molar-refractivity contribution is -0.148. The van der Waals surface area contributed by atoms with Crippen molar-refractivity contribution in [3.63, 3.8) is 0 Å². The average molecular weight is 454 g/mol. The third-order valence-corrected chi connectivity index (χ3v) is 9.06. The van der Waals surface area contributed by atoms with Crippen molar-refractivity contribution in [3.8, 4) is 0 Å². The number of aliphatic hydroxyl groups is 1. The molecule has 31 heavy (non-hydrogen) atoms. The smallest absolute Gasteiger partial charge is 0.308 e. The summed E-state index contributed by atoms with van der Waals surface area (Å²) >= 11 is 1.51. The van der Waals surface area contributed by atoms with E-state index in [1.165, 1.54) is 16.7 Å². The van der Waals surface area contributed by atoms with Gasteiger partial charge < -0.3 is 24.7 Å². The van der Waals surface area contributed by atoms with Crippen molar-refractivity contribution in [2.75, 3.05) is 59.1 Å². The second kappa shape index (κ2) is 9.09. The van der Waals surface area contributed by atoms with Crippen LogP contribution in [0.15, 0.2) is 12.7 Å². The Morgan fingerprint density at radius 3 is 2.71 bits per heavy atom. The molecular formula is C21H31N3O6S. The van der Waals surface area contributed by atoms with Gasteiger partial charge in [-0.3, -0.25) is 19.3 Å². The van der Waals surface area contributed by atoms with Crippen LogP contribution in [0, 0.1) is 11.8 Å². The lowest BCUT2D eigenvalue weighted by atomic mass is 9.71. The first-order valence-corrected chi connectivity index (χ1v) is 11.8. The lowest BCUT2D eigenvalue weighted by Gasteiger charge is -2.38. The van der Waals surface area contributed by atoms with Crippen LogP contribution in [0.4, 0.5) is 0 Å². The van der Waals surface area contributed by atoms with Gasteiger partial charge in [-0.1, -0.05) is 6.08 Å². The third-order valence-electron chi connectivity index (χ3n) is 7.11. The molecule has 4 heterocycles. The molecule has 4 aliphatic heterocycles. The van der Waals surface area contributed by atoms with Crippen molar-refractivity contribution in [2.45, 2.75) is 28.9 Å². The number of thioether (sulfide) groups is 1. The summed E-state index contributed by atoms with van der Waals surface area (Å²) in [6.45, 7) is 8.12. The molecule has 4 fully saturated rings. The monoisotopic (exact) mass is 453 g/mol. The summed E-state index contributed by atoms with van der Waals surface area (Å²) < 4.78 is 4.66. The zero-order valence-electron chi connectivity index (χ0n) is 17.6. The molecule has 1 spiro atoms. The second-order valence-electron chi connectivity index (χ2n) is 8.68. The number of likely N-dealkylation sites (tertiary alicyclic amines) is 1. The molecule has 4 rings (SSSR count). The van der Waals surface area contributed by atoms with Crippen molar-refractivity contribution in [1.82, 2.24) is 14.7 Å². The molecule has 2 bridgehead atoms. The number of hydrogen-bond acceptors (Lipinski definition) is 7. The van der Waals surface area contributed by atoms with E-state index in [9.17, 15) is 24.6 Å². The van der Waals surface area contributed by atoms with E-state index in [-0.39, 0.29) is 30.2 Å². The number of carboxylic acid groups (broad SMARTS) is 1. The van der Waals surface area contributed by atoms with E-state index in [0.717, 1.165) is 13.1 Å². The van der Waals surface area contributed by atoms with Gasteiger partial charge in [0.15, 0.2) is 0 Å². The molecule has 0 aromatic heterocycles. The van der Waals surface area contributed by atoms with Gasteiger partial charge in [-0.15, -0.1) is 18.3 Å². The van der Waals surface area contributed by atoms with E-state index < -0.39 is 28.6 Å². The van der Waals surface area contributed by atoms with Crippen LogP contribution in [-0.4, -0.2) is 118 Å². The maximum absolute atomic E-state index is 13.8. The quantitative estimate of drug-likeness (QED) is 0.450. The minimum absolute atomic E-state index is 0.0381. The molecule has 2 amide bonds. The van der Waals surface area contributed by atoms with Crippen LogP contribution in [0.2, 0.25) is 0 Å². The second-order valence-corrected chi connectivity index (χ2v) is 10.3. The number of aliphatic hydroxyl groups excluding tert-OH is 1. The number of aliphatic carboxylic acids is 1. The zero-order valence-corrected chi connectivity index (χ0v) is 18.5. The van der Waals surface area contributed by atoms with Crippen molar-refractivity contribution < 1.29 is 29.3 Å². The molecule has 2 unspecified atom stereocenters. The zero-order chi connectivity index (χ0) is 22.2. The van der Waals surface area contributed by atoms with E-state index >= 15 is 0 Å². The molecule has 9 nitrogen and oxygen atoms in total. The van der Waals surface area contributed by atoms with Gasteiger partial charge in [0, 0.05) is 44.5 Å². The number of carbonyl (C=O) groups is 3. The van der Waals surface area contributed by atoms with Crippen molar-refractivity contribution in [2.24, 2.45) is 11.8 Å². The summed E-state index contributed by atoms with van der Waals surface area (Å²) in [5.41, 5.74) is 0. The van der Waals surface area contributed by atoms with Gasteiger partial charge in [0.05, 0.1) is 36.4 Å². The van der Waals surface area contributed by atoms with Gasteiger partial charge >= 0.3 is 5.97 Å². The summed E-state index contributed by atoms with van der Waals surface area (Å²) in [5.74, 6) is -2.92. The van der Waals surface area contributed by atoms with Gasteiger partial charge in [-0.25, -0.2) is 0 Å². The Bertz CT molecular complexity index is 745. The van der Waals surface area contributed by atoms with Crippen LogP contribution in [0.3, 0.4) is 0 Å². The first-order chi connectivity index (χ1) is 14.9. The summed E-state index contributed by atoms with van der Waals surface area (Å²) in [5, 5.41) is 19.3. The molecular weight excluding hydrogens is 422 g/mol. The number of amides is 2. The lowest BCUT2D eigenvalue weighted by Crippen LogP contribution is -2.56. The van der Waals surface area contributed by atoms with Gasteiger partial charge in [-0.05, 0) is 12.8 Å². The van der Waals surface area contributed by atoms with Gasteiger partial charge in [0.25, 0.3) is 0 Å². The highest BCUT2D eigenvalue weighted by Gasteiger charge is 2.73. The maximum Gasteiger partial charge on any atom is 0.308 e. The first kappa shape index (κ1) is 22.6. The van der Waals surface area contributed by atoms with Crippen molar-refractivity contribution in [1.29, 1.82) is 0 Å². The van der Waals surface area contributed by atoms with Crippen LogP contribution >= 0.6 is 11.8 Å². The molecule has 4 aliphatic rings. The van der Waals surface area contributed by atoms with Crippen molar-refractivity contribution >= 4 is 29.5 Å². The molecule has 0 aromatic rings. The number of fused-ring (bicyclic) bond motifs is 1. The number of β-amino-alcohol motifs (C(OH)–C–C–N with tert-alkyl or cyclic N) is 1. The molecule has 172 valence electrons. The predicted octanol–water partition coefficient (Wildman–Crippen LogP) is -0.499. The first-order valence-electron chi connectivity index (χ1n) is 11.0. The number of carbonyl (C=O) groups excluding carboxylic acids is 2. The minimum Gasteiger partial charge on any atom is -0.481 e. The number of carboxylic acids is 1. The molecule has 0 aromatic carbocycles. The summed E-state index contributed by atoms with van der Waals surface area (Å²) in [6, 6.07) is -0.749. The fourth-order valence-electron chi connectivity index (χ4n) is 5.77. The van der Waals surface area contributed by atoms with Crippen LogP contribution < -0.4 is 0 Å². The Kier molecular flexibility index (Phi) is 6.62. The standard InChI is InChI=1S/C21H31N3O6S/c1-2-5-23(7-6-22-9-12-30-13-10-22)19(27)17-21-4-3-14(31-21)15(20(28)29)16(21)18(26)24(17)8-11-25/h2,14-17,25H,1,3-13H2,(H,28,29)/t14-,15+,16-,17?,21?/m0/s1. The fourth-order valence-corrected chi connectivity index (χ4v) is 7.98. The Labute approximate surface area is 186 Å². The molecule has 0 aliphatic carbocycles. The summed E-state index contributed by atoms with van der Waals surface area (Å²) in [6.07, 6.45) is 3.02. The Hall–Kier alpha value is -1.62. The molecule has 5 atom stereocenters. The van der Waals surface area contributed by atoms with Crippen LogP contribution in [0.5, 0.6) is 0 Å². The van der Waals surface area contributed by atoms with E-state index in [2.05, 4.69) is 11.5 Å². The highest BCUT2D eigenvalue weighted by atomic mass is 32.2. The minimum atomic E-state index is -0.968. The van der Waals surface area contributed by atoms with E-state index in [1.54, 1.807) is 11.0 Å². The Morgan fingerprint density at radius 1 is 1.32 bits per heavy atom. The number of morpholine rings is 1. The normalized spacial score (nSPS) is 34.7. The van der Waals surface area contributed by atoms with E-state index in [1.807, 2.05) is 0 Å². The SMILES string of the molecule is C=CCN(CCN1CCOCC1)C(=O)C1N(CCO)C(=O)[C@@H]2[C@H](C(=O)O)[C@@H]3CCC12S3. The van der Waals surface area contributed by atoms with Crippen LogP contribution in [-0.2, 0) is 19.1 Å². The number of hydrogen-bond donors (Lipinski definition) is 2. The topological polar surface area (TPSA) is 111 Å². The molecule has 4 saturated heterocycles.